The van der Waals surface area contributed by atoms with E-state index in [0.717, 1.165) is 81.8 Å². The summed E-state index contributed by atoms with van der Waals surface area (Å²) in [5, 5.41) is 16.5. The number of aliphatic hydroxyl groups is 1. The van der Waals surface area contributed by atoms with Crippen molar-refractivity contribution in [1.29, 1.82) is 0 Å². The van der Waals surface area contributed by atoms with Gasteiger partial charge in [-0.2, -0.15) is 5.06 Å². The van der Waals surface area contributed by atoms with Gasteiger partial charge in [0.1, 0.15) is 18.5 Å². The van der Waals surface area contributed by atoms with Crippen LogP contribution in [0.25, 0.3) is 0 Å². The minimum absolute atomic E-state index is 0.0395. The van der Waals surface area contributed by atoms with Crippen LogP contribution in [-0.4, -0.2) is 111 Å². The molecular weight excluding hydrogens is 590 g/mol. The van der Waals surface area contributed by atoms with Crippen LogP contribution in [0, 0.1) is 5.92 Å². The van der Waals surface area contributed by atoms with E-state index in [1.54, 1.807) is 0 Å². The third-order valence-electron chi connectivity index (χ3n) is 9.34. The molecule has 0 spiro atoms. The van der Waals surface area contributed by atoms with Crippen LogP contribution in [0.3, 0.4) is 0 Å². The van der Waals surface area contributed by atoms with E-state index in [9.17, 15) is 9.90 Å². The Bertz CT molecular complexity index is 1210. The molecule has 3 heterocycles. The minimum Gasteiger partial charge on any atom is -0.492 e. The predicted molar refractivity (Wildman–Crippen MR) is 170 cm³/mol. The summed E-state index contributed by atoms with van der Waals surface area (Å²) < 4.78 is 28.6. The summed E-state index contributed by atoms with van der Waals surface area (Å²) in [5.41, 5.74) is 2.03. The van der Waals surface area contributed by atoms with Crippen LogP contribution in [0.15, 0.2) is 54.6 Å². The molecule has 11 nitrogen and oxygen atoms in total. The highest BCUT2D eigenvalue weighted by Crippen LogP contribution is 2.33. The quantitative estimate of drug-likeness (QED) is 0.281. The molecule has 6 rings (SSSR count). The highest BCUT2D eigenvalue weighted by molar-refractivity contribution is 5.68. The van der Waals surface area contributed by atoms with E-state index >= 15 is 0 Å². The molecule has 3 saturated heterocycles. The van der Waals surface area contributed by atoms with Gasteiger partial charge in [0.15, 0.2) is 6.29 Å². The van der Waals surface area contributed by atoms with Crippen molar-refractivity contribution in [3.05, 3.63) is 65.7 Å². The molecule has 1 amide bonds. The van der Waals surface area contributed by atoms with Crippen LogP contribution < -0.4 is 10.1 Å². The summed E-state index contributed by atoms with van der Waals surface area (Å²) in [6, 6.07) is 17.3. The molecule has 2 aromatic rings. The van der Waals surface area contributed by atoms with Gasteiger partial charge in [-0.3, -0.25) is 9.74 Å². The second-order valence-corrected chi connectivity index (χ2v) is 12.8. The van der Waals surface area contributed by atoms with Crippen LogP contribution in [0.1, 0.15) is 43.2 Å². The first-order valence-electron chi connectivity index (χ1n) is 16.9. The van der Waals surface area contributed by atoms with Crippen molar-refractivity contribution in [3.63, 3.8) is 0 Å². The van der Waals surface area contributed by atoms with Crippen LogP contribution in [0.2, 0.25) is 0 Å². The van der Waals surface area contributed by atoms with Gasteiger partial charge >= 0.3 is 6.09 Å². The molecule has 3 aliphatic heterocycles. The first kappa shape index (κ1) is 33.1. The summed E-state index contributed by atoms with van der Waals surface area (Å²) >= 11 is 0. The normalized spacial score (nSPS) is 25.0. The van der Waals surface area contributed by atoms with Gasteiger partial charge in [0, 0.05) is 26.2 Å². The van der Waals surface area contributed by atoms with E-state index < -0.39 is 18.2 Å². The first-order chi connectivity index (χ1) is 22.6. The van der Waals surface area contributed by atoms with E-state index in [2.05, 4.69) is 10.2 Å². The second-order valence-electron chi connectivity index (χ2n) is 12.8. The fourth-order valence-electron chi connectivity index (χ4n) is 6.76. The number of rotatable bonds is 15. The van der Waals surface area contributed by atoms with Gasteiger partial charge in [0.25, 0.3) is 0 Å². The first-order valence-corrected chi connectivity index (χ1v) is 16.9. The van der Waals surface area contributed by atoms with Crippen molar-refractivity contribution in [2.75, 3.05) is 59.2 Å². The molecule has 0 bridgehead atoms. The van der Waals surface area contributed by atoms with E-state index in [4.69, 9.17) is 28.5 Å². The Morgan fingerprint density at radius 3 is 2.63 bits per heavy atom. The minimum atomic E-state index is -0.926. The number of ether oxygens (including phenoxy) is 5. The van der Waals surface area contributed by atoms with Gasteiger partial charge in [-0.15, -0.1) is 0 Å². The van der Waals surface area contributed by atoms with Crippen molar-refractivity contribution < 1.29 is 38.4 Å². The van der Waals surface area contributed by atoms with Gasteiger partial charge in [-0.25, -0.2) is 4.79 Å². The molecule has 4 fully saturated rings. The number of hydroxylamine groups is 2. The summed E-state index contributed by atoms with van der Waals surface area (Å²) in [7, 11) is 0. The maximum Gasteiger partial charge on any atom is 0.407 e. The Morgan fingerprint density at radius 1 is 1.00 bits per heavy atom. The van der Waals surface area contributed by atoms with Crippen molar-refractivity contribution >= 4 is 6.09 Å². The molecule has 1 saturated carbocycles. The van der Waals surface area contributed by atoms with Gasteiger partial charge < -0.3 is 34.1 Å². The zero-order chi connectivity index (χ0) is 31.6. The molecule has 4 aliphatic rings. The number of carbonyl (C=O) groups excluding carboxylic acids is 1. The molecular formula is C35H49N3O8. The standard InChI is InChI=1S/C35H49N3O8/c39-32(31(22-26-7-2-1-3-8-26)36-35(40)45-33-25-44-34-30(33)13-17-43-34)24-38(46-28-10-4-5-11-28)23-27-9-6-12-29(21-27)42-20-16-37-14-18-41-19-15-37/h1-3,6-9,12,21,28,30-34,39H,4-5,10-11,13-20,22-25H2,(H,36,40). The number of benzene rings is 2. The van der Waals surface area contributed by atoms with Crippen molar-refractivity contribution in [2.24, 2.45) is 5.92 Å². The van der Waals surface area contributed by atoms with Gasteiger partial charge in [-0.1, -0.05) is 55.3 Å². The Morgan fingerprint density at radius 2 is 1.80 bits per heavy atom. The van der Waals surface area contributed by atoms with Crippen LogP contribution in [0.4, 0.5) is 4.79 Å². The molecule has 46 heavy (non-hydrogen) atoms. The Labute approximate surface area is 272 Å². The largest absolute Gasteiger partial charge is 0.492 e. The zero-order valence-corrected chi connectivity index (χ0v) is 26.7. The van der Waals surface area contributed by atoms with E-state index in [-0.39, 0.29) is 31.0 Å². The average molecular weight is 640 g/mol. The van der Waals surface area contributed by atoms with Crippen LogP contribution in [0.5, 0.6) is 5.75 Å². The molecule has 1 aliphatic carbocycles. The van der Waals surface area contributed by atoms with E-state index in [1.807, 2.05) is 59.7 Å². The number of hydrogen-bond donors (Lipinski definition) is 2. The second kappa shape index (κ2) is 16.9. The summed E-state index contributed by atoms with van der Waals surface area (Å²) in [6.45, 7) is 6.47. The maximum atomic E-state index is 13.2. The van der Waals surface area contributed by atoms with E-state index in [1.165, 1.54) is 0 Å². The van der Waals surface area contributed by atoms with Gasteiger partial charge in [-0.05, 0) is 48.9 Å². The lowest BCUT2D eigenvalue weighted by atomic mass is 10.0. The fraction of sp³-hybridized carbons (Fsp3) is 0.629. The van der Waals surface area contributed by atoms with E-state index in [0.29, 0.717) is 32.8 Å². The van der Waals surface area contributed by atoms with Gasteiger partial charge in [0.05, 0.1) is 57.1 Å². The summed E-state index contributed by atoms with van der Waals surface area (Å²) in [6.07, 6.45) is 3.43. The number of nitrogens with zero attached hydrogens (tertiary/aromatic N) is 2. The highest BCUT2D eigenvalue weighted by atomic mass is 16.7. The maximum absolute atomic E-state index is 13.2. The smallest absolute Gasteiger partial charge is 0.407 e. The Kier molecular flexibility index (Phi) is 12.2. The van der Waals surface area contributed by atoms with Crippen molar-refractivity contribution in [1.82, 2.24) is 15.3 Å². The van der Waals surface area contributed by atoms with Crippen molar-refractivity contribution in [2.45, 2.75) is 75.7 Å². The topological polar surface area (TPSA) is 111 Å². The fourth-order valence-corrected chi connectivity index (χ4v) is 6.76. The summed E-state index contributed by atoms with van der Waals surface area (Å²) in [4.78, 5) is 22.0. The molecule has 5 atom stereocenters. The third-order valence-corrected chi connectivity index (χ3v) is 9.34. The molecule has 0 radical (unpaired) electrons. The third kappa shape index (κ3) is 9.63. The number of carbonyl (C=O) groups is 1. The number of nitrogens with one attached hydrogen (secondary N) is 1. The highest BCUT2D eigenvalue weighted by Gasteiger charge is 2.44. The number of amides is 1. The SMILES string of the molecule is O=C(NC(Cc1ccccc1)C(O)CN(Cc1cccc(OCCN2CCOCC2)c1)OC1CCCC1)OC1COC2OCCC12. The lowest BCUT2D eigenvalue weighted by Crippen LogP contribution is -2.50. The molecule has 2 aromatic carbocycles. The average Bonchev–Trinajstić information content (AvgIpc) is 3.83. The molecule has 0 aromatic heterocycles. The lowest BCUT2D eigenvalue weighted by molar-refractivity contribution is -0.214. The Hall–Kier alpha value is -2.77. The number of alkyl carbamates (subject to hydrolysis) is 1. The number of fused-ring (bicyclic) bond motifs is 1. The molecule has 252 valence electrons. The number of hydrogen-bond acceptors (Lipinski definition) is 10. The Balaban J connectivity index is 1.09. The molecule has 5 unspecified atom stereocenters. The molecule has 2 N–H and O–H groups in total. The van der Waals surface area contributed by atoms with Crippen LogP contribution in [-0.2, 0) is 36.8 Å². The monoisotopic (exact) mass is 639 g/mol. The molecule has 11 heteroatoms. The van der Waals surface area contributed by atoms with Crippen LogP contribution >= 0.6 is 0 Å². The predicted octanol–water partition coefficient (Wildman–Crippen LogP) is 3.53. The summed E-state index contributed by atoms with van der Waals surface area (Å²) in [5.74, 6) is 0.849. The van der Waals surface area contributed by atoms with Crippen molar-refractivity contribution in [3.8, 4) is 5.75 Å². The lowest BCUT2D eigenvalue weighted by Gasteiger charge is -2.31. The van der Waals surface area contributed by atoms with Gasteiger partial charge in [0.2, 0.25) is 0 Å². The number of aliphatic hydroxyl groups excluding tert-OH is 1. The zero-order valence-electron chi connectivity index (χ0n) is 26.7. The number of morpholine rings is 1.